The van der Waals surface area contributed by atoms with Gasteiger partial charge in [-0.1, -0.05) is 2.10 Å². The van der Waals surface area contributed by atoms with Crippen LogP contribution in [0.15, 0.2) is 19.6 Å². The summed E-state index contributed by atoms with van der Waals surface area (Å²) in [7, 11) is 0. The van der Waals surface area contributed by atoms with Gasteiger partial charge in [0.25, 0.3) is 0 Å². The standard InChI is InChI=1S/C8F12NS4/c9-5(10,11)1-2(6(12,13)14)23-21(22-1)24-3(7(15,16)17)4(25-21)8(18,19)20/q+1. The van der Waals surface area contributed by atoms with Crippen molar-refractivity contribution in [1.29, 1.82) is 0 Å². The van der Waals surface area contributed by atoms with E-state index < -0.39 is 94.2 Å². The maximum absolute atomic E-state index is 12.8. The van der Waals surface area contributed by atoms with Crippen LogP contribution in [0.2, 0.25) is 0 Å². The molecule has 2 heterocycles. The van der Waals surface area contributed by atoms with E-state index in [-0.39, 0.29) is 0 Å². The average Bonchev–Trinajstić information content (AvgIpc) is 2.89. The van der Waals surface area contributed by atoms with Crippen molar-refractivity contribution >= 4 is 47.8 Å². The molecule has 0 amide bonds. The number of halogens is 12. The van der Waals surface area contributed by atoms with Gasteiger partial charge in [-0.25, -0.2) is 0 Å². The number of alkyl halides is 12. The minimum absolute atomic E-state index is 0.778. The highest BCUT2D eigenvalue weighted by molar-refractivity contribution is 8.35. The van der Waals surface area contributed by atoms with Crippen molar-refractivity contribution < 1.29 is 54.8 Å². The number of nitrogens with zero attached hydrogens (tertiary/aromatic N) is 1. The molecular weight excluding hydrogens is 466 g/mol. The fraction of sp³-hybridized carbons (Fsp3) is 0.500. The maximum atomic E-state index is 12.8. The Hall–Kier alpha value is -0.000000000000000278. The Balaban J connectivity index is 2.46. The lowest BCUT2D eigenvalue weighted by atomic mass is 10.4. The van der Waals surface area contributed by atoms with E-state index in [1.54, 1.807) is 0 Å². The summed E-state index contributed by atoms with van der Waals surface area (Å²) in [6.45, 7) is 0. The van der Waals surface area contributed by atoms with Crippen molar-refractivity contribution in [3.63, 3.8) is 0 Å². The van der Waals surface area contributed by atoms with Crippen LogP contribution in [-0.2, 0) is 0 Å². The predicted octanol–water partition coefficient (Wildman–Crippen LogP) is 7.10. The summed E-state index contributed by atoms with van der Waals surface area (Å²) in [5, 5.41) is 0. The normalized spacial score (nSPS) is 22.6. The van der Waals surface area contributed by atoms with Crippen LogP contribution in [0.1, 0.15) is 0 Å². The van der Waals surface area contributed by atoms with Gasteiger partial charge in [0, 0.05) is 0 Å². The van der Waals surface area contributed by atoms with E-state index in [2.05, 4.69) is 0 Å². The largest absolute Gasteiger partial charge is 0.428 e. The van der Waals surface area contributed by atoms with Gasteiger partial charge >= 0.3 is 24.7 Å². The fourth-order valence-electron chi connectivity index (χ4n) is 1.45. The van der Waals surface area contributed by atoms with Crippen LogP contribution in [0.25, 0.3) is 0 Å². The Labute approximate surface area is 147 Å². The van der Waals surface area contributed by atoms with Crippen molar-refractivity contribution in [2.24, 2.45) is 0 Å². The highest BCUT2D eigenvalue weighted by Gasteiger charge is 2.69. The second kappa shape index (κ2) is 6.00. The van der Waals surface area contributed by atoms with Crippen LogP contribution < -0.4 is 0 Å². The van der Waals surface area contributed by atoms with Crippen LogP contribution in [-0.4, -0.2) is 26.8 Å². The molecule has 2 aliphatic heterocycles. The molecule has 0 saturated carbocycles. The number of hydrogen-bond donors (Lipinski definition) is 0. The summed E-state index contributed by atoms with van der Waals surface area (Å²) in [5.41, 5.74) is 0. The molecule has 0 aromatic rings. The first-order chi connectivity index (χ1) is 10.9. The van der Waals surface area contributed by atoms with E-state index in [1.807, 2.05) is 0 Å². The highest BCUT2D eigenvalue weighted by Crippen LogP contribution is 2.75. The van der Waals surface area contributed by atoms with Crippen molar-refractivity contribution in [2.45, 2.75) is 24.7 Å². The minimum Gasteiger partial charge on any atom is -0.165 e. The molecule has 0 N–H and O–H groups in total. The molecule has 0 aliphatic carbocycles. The van der Waals surface area contributed by atoms with Crippen LogP contribution in [0.4, 0.5) is 52.7 Å². The monoisotopic (exact) mass is 466 g/mol. The Bertz CT molecular complexity index is 524. The molecule has 2 aliphatic rings. The zero-order chi connectivity index (χ0) is 19.6. The quantitative estimate of drug-likeness (QED) is 0.212. The lowest BCUT2D eigenvalue weighted by molar-refractivity contribution is -0.268. The number of hydrogen-bond acceptors (Lipinski definition) is 4. The molecule has 0 unspecified atom stereocenters. The van der Waals surface area contributed by atoms with Crippen LogP contribution >= 0.6 is 47.8 Å². The van der Waals surface area contributed by atoms with Gasteiger partial charge < -0.3 is 0 Å². The molecule has 1 nitrogen and oxygen atoms in total. The SMILES string of the molecule is FC(F)(F)C1=C(C(F)(F)F)S[N+]2(S1)SC(C(F)(F)F)=C(C(F)(F)F)S2. The van der Waals surface area contributed by atoms with Gasteiger partial charge in [0.2, 0.25) is 0 Å². The summed E-state index contributed by atoms with van der Waals surface area (Å²) in [6, 6.07) is 0. The first-order valence-corrected chi connectivity index (χ1v) is 8.41. The predicted molar refractivity (Wildman–Crippen MR) is 68.9 cm³/mol. The third kappa shape index (κ3) is 4.30. The number of allylic oxidation sites excluding steroid dienone is 4. The molecule has 0 fully saturated rings. The molecule has 0 aromatic heterocycles. The molecule has 0 radical (unpaired) electrons. The van der Waals surface area contributed by atoms with Crippen molar-refractivity contribution in [1.82, 2.24) is 0 Å². The van der Waals surface area contributed by atoms with Gasteiger partial charge in [-0.15, -0.1) is 0 Å². The molecule has 2 rings (SSSR count). The van der Waals surface area contributed by atoms with E-state index in [1.165, 1.54) is 0 Å². The van der Waals surface area contributed by atoms with E-state index in [9.17, 15) is 52.7 Å². The Morgan fingerprint density at radius 3 is 0.680 bits per heavy atom. The molecule has 144 valence electrons. The zero-order valence-corrected chi connectivity index (χ0v) is 13.9. The second-order valence-corrected chi connectivity index (χ2v) is 10.1. The molecule has 0 saturated heterocycles. The number of rotatable bonds is 0. The van der Waals surface area contributed by atoms with Gasteiger partial charge in [-0.3, -0.25) is 0 Å². The van der Waals surface area contributed by atoms with Gasteiger partial charge in [0.1, 0.15) is 0 Å². The molecule has 25 heavy (non-hydrogen) atoms. The van der Waals surface area contributed by atoms with Gasteiger partial charge in [-0.2, -0.15) is 52.7 Å². The summed E-state index contributed by atoms with van der Waals surface area (Å²) < 4.78 is 151. The van der Waals surface area contributed by atoms with Crippen LogP contribution in [0.5, 0.6) is 0 Å². The van der Waals surface area contributed by atoms with Crippen LogP contribution in [0, 0.1) is 0 Å². The summed E-state index contributed by atoms with van der Waals surface area (Å²) in [4.78, 5) is -9.19. The maximum Gasteiger partial charge on any atom is 0.428 e. The summed E-state index contributed by atoms with van der Waals surface area (Å²) in [6.07, 6.45) is -22.4. The van der Waals surface area contributed by atoms with E-state index in [0.717, 1.165) is 0 Å². The first kappa shape index (κ1) is 21.3. The summed E-state index contributed by atoms with van der Waals surface area (Å²) in [5.74, 6) is 0. The Morgan fingerprint density at radius 1 is 0.400 bits per heavy atom. The molecule has 17 heteroatoms. The van der Waals surface area contributed by atoms with E-state index >= 15 is 0 Å². The van der Waals surface area contributed by atoms with Gasteiger partial charge in [0.05, 0.1) is 0 Å². The molecule has 1 spiro atoms. The van der Waals surface area contributed by atoms with Crippen molar-refractivity contribution in [2.75, 3.05) is 0 Å². The Morgan fingerprint density at radius 2 is 0.560 bits per heavy atom. The fourth-order valence-corrected chi connectivity index (χ4v) is 7.57. The third-order valence-electron chi connectivity index (χ3n) is 2.25. The van der Waals surface area contributed by atoms with Gasteiger partial charge in [0.15, 0.2) is 67.4 Å². The summed E-state index contributed by atoms with van der Waals surface area (Å²) >= 11 is -3.11. The zero-order valence-electron chi connectivity index (χ0n) is 10.6. The minimum atomic E-state index is -5.59. The smallest absolute Gasteiger partial charge is 0.165 e. The average molecular weight is 466 g/mol. The van der Waals surface area contributed by atoms with Crippen LogP contribution in [0.3, 0.4) is 0 Å². The molecular formula is C8F12NS4+. The van der Waals surface area contributed by atoms with E-state index in [0.29, 0.717) is 0 Å². The van der Waals surface area contributed by atoms with Crippen molar-refractivity contribution in [3.8, 4) is 0 Å². The Kier molecular flexibility index (Phi) is 5.11. The second-order valence-electron chi connectivity index (χ2n) is 4.12. The van der Waals surface area contributed by atoms with Crippen molar-refractivity contribution in [3.05, 3.63) is 19.6 Å². The topological polar surface area (TPSA) is 0 Å². The first-order valence-electron chi connectivity index (χ1n) is 5.31. The molecule has 0 aromatic carbocycles. The molecule has 0 bridgehead atoms. The van der Waals surface area contributed by atoms with E-state index in [4.69, 9.17) is 0 Å². The van der Waals surface area contributed by atoms with Gasteiger partial charge in [-0.05, 0) is 0 Å². The highest BCUT2D eigenvalue weighted by atomic mass is 32.3. The lowest BCUT2D eigenvalue weighted by Gasteiger charge is -2.18. The number of quaternary nitrogens is 1. The third-order valence-corrected chi connectivity index (χ3v) is 8.56. The lowest BCUT2D eigenvalue weighted by Crippen LogP contribution is -2.16. The molecule has 0 atom stereocenters.